The number of hydrogen-bond donors (Lipinski definition) is 2. The fraction of sp³-hybridized carbons (Fsp3) is 0.450. The van der Waals surface area contributed by atoms with Gasteiger partial charge in [0.25, 0.3) is 11.7 Å². The molecule has 2 fully saturated rings. The maximum atomic E-state index is 15.3. The van der Waals surface area contributed by atoms with Crippen LogP contribution in [0, 0.1) is 5.82 Å². The molecule has 2 N–H and O–H groups in total. The molecule has 2 aromatic carbocycles. The van der Waals surface area contributed by atoms with Crippen LogP contribution in [0.15, 0.2) is 65.6 Å². The molecule has 7 rings (SSSR count). The molecular formula is C40H47FN8O4. The number of methoxy groups -OCH3 is 1. The summed E-state index contributed by atoms with van der Waals surface area (Å²) in [5.41, 5.74) is 5.44. The van der Waals surface area contributed by atoms with Crippen LogP contribution in [0.25, 0.3) is 16.8 Å². The molecule has 13 heteroatoms. The van der Waals surface area contributed by atoms with E-state index in [0.717, 1.165) is 56.4 Å². The number of nitrogens with one attached hydrogen (secondary N) is 2. The highest BCUT2D eigenvalue weighted by Gasteiger charge is 2.41. The van der Waals surface area contributed by atoms with E-state index in [9.17, 15) is 9.59 Å². The van der Waals surface area contributed by atoms with Crippen molar-refractivity contribution in [2.24, 2.45) is 0 Å². The van der Waals surface area contributed by atoms with E-state index in [1.807, 2.05) is 27.0 Å². The Balaban J connectivity index is 0.933. The second-order valence-electron chi connectivity index (χ2n) is 15.5. The molecule has 0 spiro atoms. The van der Waals surface area contributed by atoms with Gasteiger partial charge in [-0.1, -0.05) is 69.2 Å². The minimum atomic E-state index is -0.537. The number of carbonyl (C=O) groups excluding carboxylic acids is 2. The second kappa shape index (κ2) is 14.8. The van der Waals surface area contributed by atoms with E-state index >= 15 is 4.39 Å². The van der Waals surface area contributed by atoms with Gasteiger partial charge < -0.3 is 24.8 Å². The molecule has 5 heterocycles. The maximum absolute atomic E-state index is 15.3. The molecule has 2 saturated heterocycles. The van der Waals surface area contributed by atoms with Crippen molar-refractivity contribution >= 4 is 17.3 Å². The number of aromatic nitrogens is 5. The van der Waals surface area contributed by atoms with Gasteiger partial charge in [0.2, 0.25) is 11.8 Å². The number of amides is 2. The molecule has 0 aliphatic carbocycles. The summed E-state index contributed by atoms with van der Waals surface area (Å²) in [5, 5.41) is 13.8. The van der Waals surface area contributed by atoms with Gasteiger partial charge in [0.15, 0.2) is 0 Å². The van der Waals surface area contributed by atoms with Gasteiger partial charge in [0.05, 0.1) is 11.2 Å². The summed E-state index contributed by atoms with van der Waals surface area (Å²) in [4.78, 5) is 35.7. The van der Waals surface area contributed by atoms with E-state index in [1.165, 1.54) is 23.5 Å². The minimum Gasteiger partial charge on any atom is -0.361 e. The number of piperidine rings is 2. The zero-order valence-electron chi connectivity index (χ0n) is 31.0. The van der Waals surface area contributed by atoms with Crippen molar-refractivity contribution in [1.82, 2.24) is 40.3 Å². The Kier molecular flexibility index (Phi) is 10.1. The zero-order valence-corrected chi connectivity index (χ0v) is 31.0. The Morgan fingerprint density at radius 1 is 1.13 bits per heavy atom. The molecule has 0 bridgehead atoms. The minimum absolute atomic E-state index is 0.0287. The van der Waals surface area contributed by atoms with Gasteiger partial charge in [-0.25, -0.2) is 13.9 Å². The van der Waals surface area contributed by atoms with Crippen molar-refractivity contribution in [2.75, 3.05) is 26.7 Å². The van der Waals surface area contributed by atoms with Gasteiger partial charge in [0, 0.05) is 54.8 Å². The van der Waals surface area contributed by atoms with E-state index in [1.54, 1.807) is 23.8 Å². The number of likely N-dealkylation sites (tertiary alicyclic amines) is 1. The number of fused-ring (bicyclic) bond motifs is 1. The van der Waals surface area contributed by atoms with Gasteiger partial charge in [-0.15, -0.1) is 0 Å². The molecule has 2 atom stereocenters. The van der Waals surface area contributed by atoms with Crippen LogP contribution in [0.5, 0.6) is 0 Å². The smallest absolute Gasteiger partial charge is 0.292 e. The SMILES string of the molecule is COC1NC(=O)CCC1(C)c1ccc(C2CCN(CCc3cc4c(-c5ccc(CNC(=O)c6noc(C(C)(C)C)n6)c(F)c5)ncnn4c3)CC2)cc1. The number of ether oxygens (including phenoxy) is 1. The Hall–Kier alpha value is -5.01. The van der Waals surface area contributed by atoms with Crippen LogP contribution in [-0.2, 0) is 33.3 Å². The Morgan fingerprint density at radius 2 is 1.91 bits per heavy atom. The molecule has 2 amide bonds. The monoisotopic (exact) mass is 722 g/mol. The van der Waals surface area contributed by atoms with Crippen molar-refractivity contribution in [3.63, 3.8) is 0 Å². The number of benzene rings is 2. The molecule has 2 unspecified atom stereocenters. The Bertz CT molecular complexity index is 2100. The molecule has 3 aromatic heterocycles. The summed E-state index contributed by atoms with van der Waals surface area (Å²) in [6, 6.07) is 15.9. The quantitative estimate of drug-likeness (QED) is 0.186. The van der Waals surface area contributed by atoms with Crippen LogP contribution in [-0.4, -0.2) is 74.4 Å². The van der Waals surface area contributed by atoms with Crippen molar-refractivity contribution in [3.05, 3.63) is 101 Å². The summed E-state index contributed by atoms with van der Waals surface area (Å²) in [6.07, 6.45) is 7.50. The molecule has 53 heavy (non-hydrogen) atoms. The average Bonchev–Trinajstić information content (AvgIpc) is 3.83. The Labute approximate surface area is 308 Å². The van der Waals surface area contributed by atoms with E-state index in [4.69, 9.17) is 9.26 Å². The number of carbonyl (C=O) groups is 2. The zero-order chi connectivity index (χ0) is 37.3. The predicted octanol–water partition coefficient (Wildman–Crippen LogP) is 5.71. The van der Waals surface area contributed by atoms with Crippen molar-refractivity contribution < 1.29 is 23.2 Å². The summed E-state index contributed by atoms with van der Waals surface area (Å²) < 4.78 is 27.9. The van der Waals surface area contributed by atoms with Gasteiger partial charge in [-0.05, 0) is 73.5 Å². The highest BCUT2D eigenvalue weighted by Crippen LogP contribution is 2.37. The number of halogens is 1. The van der Waals surface area contributed by atoms with Gasteiger partial charge in [0.1, 0.15) is 18.4 Å². The molecule has 2 aliphatic rings. The first kappa shape index (κ1) is 36.4. The first-order chi connectivity index (χ1) is 25.4. The molecule has 2 aliphatic heterocycles. The standard InChI is InChI=1S/C40H47FN8O4/c1-39(2,3)37-46-35(47-53-37)36(51)42-22-29-7-6-28(21-31(29)41)34-32-20-25(23-49(32)44-24-43-34)13-17-48-18-14-27(15-19-48)26-8-10-30(11-9-26)40(4)16-12-33(50)45-38(40)52-5/h6-11,20-21,23-24,27,38H,12-19,22H2,1-5H3,(H,42,51)(H,45,50). The van der Waals surface area contributed by atoms with Gasteiger partial charge >= 0.3 is 0 Å². The summed E-state index contributed by atoms with van der Waals surface area (Å²) in [5.74, 6) is -0.170. The van der Waals surface area contributed by atoms with Crippen molar-refractivity contribution in [1.29, 1.82) is 0 Å². The van der Waals surface area contributed by atoms with Gasteiger partial charge in [-0.3, -0.25) is 9.59 Å². The third-order valence-electron chi connectivity index (χ3n) is 10.8. The average molecular weight is 723 g/mol. The largest absolute Gasteiger partial charge is 0.361 e. The first-order valence-electron chi connectivity index (χ1n) is 18.3. The normalized spacial score (nSPS) is 20.1. The first-order valence-corrected chi connectivity index (χ1v) is 18.3. The lowest BCUT2D eigenvalue weighted by Gasteiger charge is -2.41. The molecule has 278 valence electrons. The van der Waals surface area contributed by atoms with Crippen LogP contribution >= 0.6 is 0 Å². The van der Waals surface area contributed by atoms with Crippen molar-refractivity contribution in [3.8, 4) is 11.3 Å². The lowest BCUT2D eigenvalue weighted by molar-refractivity contribution is -0.131. The summed E-state index contributed by atoms with van der Waals surface area (Å²) in [7, 11) is 1.65. The molecule has 0 radical (unpaired) electrons. The Morgan fingerprint density at radius 3 is 2.60 bits per heavy atom. The third-order valence-corrected chi connectivity index (χ3v) is 10.8. The van der Waals surface area contributed by atoms with Crippen LogP contribution < -0.4 is 10.6 Å². The van der Waals surface area contributed by atoms with E-state index in [0.29, 0.717) is 35.1 Å². The number of nitrogens with zero attached hydrogens (tertiary/aromatic N) is 6. The number of hydrogen-bond acceptors (Lipinski definition) is 9. The summed E-state index contributed by atoms with van der Waals surface area (Å²) in [6.45, 7) is 10.9. The van der Waals surface area contributed by atoms with Crippen molar-refractivity contribution in [2.45, 2.75) is 89.3 Å². The second-order valence-corrected chi connectivity index (χ2v) is 15.5. The highest BCUT2D eigenvalue weighted by molar-refractivity contribution is 5.90. The highest BCUT2D eigenvalue weighted by atomic mass is 19.1. The lowest BCUT2D eigenvalue weighted by Crippen LogP contribution is -2.54. The molecular weight excluding hydrogens is 675 g/mol. The predicted molar refractivity (Wildman–Crippen MR) is 197 cm³/mol. The topological polar surface area (TPSA) is 140 Å². The maximum Gasteiger partial charge on any atom is 0.292 e. The molecule has 5 aromatic rings. The van der Waals surface area contributed by atoms with Crippen LogP contribution in [0.2, 0.25) is 0 Å². The molecule has 0 saturated carbocycles. The number of rotatable bonds is 10. The molecule has 12 nitrogen and oxygen atoms in total. The summed E-state index contributed by atoms with van der Waals surface area (Å²) >= 11 is 0. The van der Waals surface area contributed by atoms with E-state index in [-0.39, 0.29) is 35.3 Å². The van der Waals surface area contributed by atoms with Crippen LogP contribution in [0.4, 0.5) is 4.39 Å². The van der Waals surface area contributed by atoms with Crippen LogP contribution in [0.3, 0.4) is 0 Å². The van der Waals surface area contributed by atoms with E-state index in [2.05, 4.69) is 73.0 Å². The lowest BCUT2D eigenvalue weighted by atomic mass is 9.74. The fourth-order valence-corrected chi connectivity index (χ4v) is 7.47. The fourth-order valence-electron chi connectivity index (χ4n) is 7.47. The van der Waals surface area contributed by atoms with Gasteiger partial charge in [-0.2, -0.15) is 10.1 Å². The van der Waals surface area contributed by atoms with Crippen LogP contribution in [0.1, 0.15) is 98.1 Å². The third kappa shape index (κ3) is 7.72. The van der Waals surface area contributed by atoms with E-state index < -0.39 is 11.7 Å².